The maximum absolute atomic E-state index is 11.9. The lowest BCUT2D eigenvalue weighted by Gasteiger charge is -2.36. The zero-order chi connectivity index (χ0) is 14.4. The molecule has 19 heavy (non-hydrogen) atoms. The lowest BCUT2D eigenvalue weighted by molar-refractivity contribution is -0.137. The molecule has 0 bridgehead atoms. The fourth-order valence-corrected chi connectivity index (χ4v) is 2.06. The van der Waals surface area contributed by atoms with Crippen LogP contribution in [-0.4, -0.2) is 65.6 Å². The molecule has 3 N–H and O–H groups in total. The fourth-order valence-electron chi connectivity index (χ4n) is 2.06. The minimum atomic E-state index is -0.873. The van der Waals surface area contributed by atoms with Gasteiger partial charge in [-0.15, -0.1) is 0 Å². The van der Waals surface area contributed by atoms with Gasteiger partial charge in [0.2, 0.25) is 0 Å². The van der Waals surface area contributed by atoms with Crippen LogP contribution >= 0.6 is 0 Å². The van der Waals surface area contributed by atoms with Gasteiger partial charge in [-0.3, -0.25) is 4.79 Å². The Morgan fingerprint density at radius 2 is 2.16 bits per heavy atom. The molecule has 3 unspecified atom stereocenters. The van der Waals surface area contributed by atoms with Gasteiger partial charge in [0.15, 0.2) is 0 Å². The number of amides is 2. The van der Waals surface area contributed by atoms with Crippen LogP contribution in [0.4, 0.5) is 4.79 Å². The van der Waals surface area contributed by atoms with Crippen LogP contribution in [0.5, 0.6) is 0 Å². The molecule has 0 radical (unpaired) electrons. The fraction of sp³-hybridized carbons (Fsp3) is 0.833. The van der Waals surface area contributed by atoms with Crippen LogP contribution in [0, 0.1) is 5.92 Å². The van der Waals surface area contributed by atoms with Gasteiger partial charge < -0.3 is 25.2 Å². The summed E-state index contributed by atoms with van der Waals surface area (Å²) < 4.78 is 5.44. The number of aliphatic hydroxyl groups excluding tert-OH is 1. The van der Waals surface area contributed by atoms with Gasteiger partial charge in [0, 0.05) is 19.5 Å². The second-order valence-electron chi connectivity index (χ2n) is 5.05. The molecule has 0 aromatic rings. The van der Waals surface area contributed by atoms with Gasteiger partial charge in [-0.25, -0.2) is 4.79 Å². The number of carbonyl (C=O) groups is 2. The number of hydrogen-bond donors (Lipinski definition) is 3. The van der Waals surface area contributed by atoms with E-state index in [0.29, 0.717) is 19.6 Å². The van der Waals surface area contributed by atoms with E-state index in [2.05, 4.69) is 5.32 Å². The van der Waals surface area contributed by atoms with E-state index in [1.165, 1.54) is 0 Å². The summed E-state index contributed by atoms with van der Waals surface area (Å²) in [6.07, 6.45) is -0.446. The van der Waals surface area contributed by atoms with Crippen LogP contribution in [0.25, 0.3) is 0 Å². The molecule has 1 heterocycles. The van der Waals surface area contributed by atoms with E-state index in [4.69, 9.17) is 14.9 Å². The van der Waals surface area contributed by atoms with Crippen molar-refractivity contribution in [3.05, 3.63) is 0 Å². The van der Waals surface area contributed by atoms with Gasteiger partial charge in [0.25, 0.3) is 0 Å². The minimum absolute atomic E-state index is 0.0268. The summed E-state index contributed by atoms with van der Waals surface area (Å²) in [5.41, 5.74) is 0. The number of carbonyl (C=O) groups excluding carboxylic acids is 1. The number of nitrogens with zero attached hydrogens (tertiary/aromatic N) is 1. The second-order valence-corrected chi connectivity index (χ2v) is 5.05. The first-order chi connectivity index (χ1) is 8.92. The molecule has 1 fully saturated rings. The van der Waals surface area contributed by atoms with Crippen molar-refractivity contribution in [1.82, 2.24) is 10.2 Å². The van der Waals surface area contributed by atoms with Gasteiger partial charge in [-0.05, 0) is 12.8 Å². The number of hydrogen-bond acceptors (Lipinski definition) is 4. The van der Waals surface area contributed by atoms with Gasteiger partial charge >= 0.3 is 12.0 Å². The quantitative estimate of drug-likeness (QED) is 0.649. The summed E-state index contributed by atoms with van der Waals surface area (Å²) >= 11 is 0. The van der Waals surface area contributed by atoms with Crippen LogP contribution in [0.3, 0.4) is 0 Å². The predicted molar refractivity (Wildman–Crippen MR) is 67.8 cm³/mol. The first kappa shape index (κ1) is 15.7. The summed E-state index contributed by atoms with van der Waals surface area (Å²) in [4.78, 5) is 24.0. The number of aliphatic hydroxyl groups is 1. The molecule has 110 valence electrons. The molecule has 0 aliphatic carbocycles. The van der Waals surface area contributed by atoms with Crippen molar-refractivity contribution in [2.75, 3.05) is 26.2 Å². The average molecular weight is 274 g/mol. The Morgan fingerprint density at radius 1 is 1.47 bits per heavy atom. The van der Waals surface area contributed by atoms with Crippen LogP contribution in [0.1, 0.15) is 20.3 Å². The molecule has 1 aliphatic heterocycles. The number of urea groups is 1. The standard InChI is InChI=1S/C12H22N2O5/c1-8(3-11(16)17)4-13-12(18)14-5-9(2)19-10(6-14)7-15/h8-10,15H,3-7H2,1-2H3,(H,13,18)(H,16,17). The lowest BCUT2D eigenvalue weighted by Crippen LogP contribution is -2.53. The maximum Gasteiger partial charge on any atom is 0.317 e. The van der Waals surface area contributed by atoms with Gasteiger partial charge in [-0.2, -0.15) is 0 Å². The van der Waals surface area contributed by atoms with Crippen LogP contribution in [0.2, 0.25) is 0 Å². The average Bonchev–Trinajstić information content (AvgIpc) is 2.34. The third-order valence-corrected chi connectivity index (χ3v) is 2.94. The first-order valence-electron chi connectivity index (χ1n) is 6.43. The number of carboxylic acid groups (broad SMARTS) is 1. The van der Waals surface area contributed by atoms with E-state index in [1.54, 1.807) is 11.8 Å². The van der Waals surface area contributed by atoms with Crippen LogP contribution in [-0.2, 0) is 9.53 Å². The van der Waals surface area contributed by atoms with Crippen molar-refractivity contribution in [1.29, 1.82) is 0 Å². The molecule has 0 spiro atoms. The number of nitrogens with one attached hydrogen (secondary N) is 1. The molecule has 1 saturated heterocycles. The maximum atomic E-state index is 11.9. The van der Waals surface area contributed by atoms with E-state index in [9.17, 15) is 9.59 Å². The molecular weight excluding hydrogens is 252 g/mol. The Bertz CT molecular complexity index is 323. The highest BCUT2D eigenvalue weighted by molar-refractivity contribution is 5.74. The number of rotatable bonds is 5. The molecule has 0 saturated carbocycles. The summed E-state index contributed by atoms with van der Waals surface area (Å²) in [6.45, 7) is 4.63. The van der Waals surface area contributed by atoms with Gasteiger partial charge in [0.05, 0.1) is 25.4 Å². The highest BCUT2D eigenvalue weighted by atomic mass is 16.5. The largest absolute Gasteiger partial charge is 0.481 e. The van der Waals surface area contributed by atoms with Crippen molar-refractivity contribution >= 4 is 12.0 Å². The molecular formula is C12H22N2O5. The summed E-state index contributed by atoms with van der Waals surface area (Å²) in [7, 11) is 0. The van der Waals surface area contributed by atoms with Crippen molar-refractivity contribution < 1.29 is 24.5 Å². The molecule has 1 aliphatic rings. The van der Waals surface area contributed by atoms with Crippen LogP contribution in [0.15, 0.2) is 0 Å². The Labute approximate surface area is 112 Å². The third-order valence-electron chi connectivity index (χ3n) is 2.94. The smallest absolute Gasteiger partial charge is 0.317 e. The normalized spacial score (nSPS) is 24.9. The van der Waals surface area contributed by atoms with Crippen LogP contribution < -0.4 is 5.32 Å². The SMILES string of the molecule is CC(CNC(=O)N1CC(C)OC(CO)C1)CC(=O)O. The number of carboxylic acids is 1. The molecule has 0 aromatic carbocycles. The lowest BCUT2D eigenvalue weighted by atomic mass is 10.1. The molecule has 1 rings (SSSR count). The van der Waals surface area contributed by atoms with Gasteiger partial charge in [0.1, 0.15) is 0 Å². The van der Waals surface area contributed by atoms with Gasteiger partial charge in [-0.1, -0.05) is 6.92 Å². The minimum Gasteiger partial charge on any atom is -0.481 e. The van der Waals surface area contributed by atoms with E-state index in [-0.39, 0.29) is 37.2 Å². The van der Waals surface area contributed by atoms with E-state index in [1.807, 2.05) is 6.92 Å². The van der Waals surface area contributed by atoms with E-state index in [0.717, 1.165) is 0 Å². The zero-order valence-corrected chi connectivity index (χ0v) is 11.3. The van der Waals surface area contributed by atoms with E-state index >= 15 is 0 Å². The Kier molecular flexibility index (Phi) is 6.04. The van der Waals surface area contributed by atoms with E-state index < -0.39 is 5.97 Å². The van der Waals surface area contributed by atoms with Crippen molar-refractivity contribution in [3.8, 4) is 0 Å². The molecule has 7 nitrogen and oxygen atoms in total. The number of aliphatic carboxylic acids is 1. The third kappa shape index (κ3) is 5.44. The first-order valence-corrected chi connectivity index (χ1v) is 6.43. The van der Waals surface area contributed by atoms with Crippen molar-refractivity contribution in [2.24, 2.45) is 5.92 Å². The highest BCUT2D eigenvalue weighted by Crippen LogP contribution is 2.11. The highest BCUT2D eigenvalue weighted by Gasteiger charge is 2.27. The van der Waals surface area contributed by atoms with Crippen molar-refractivity contribution in [2.45, 2.75) is 32.5 Å². The molecule has 3 atom stereocenters. The number of morpholine rings is 1. The zero-order valence-electron chi connectivity index (χ0n) is 11.3. The predicted octanol–water partition coefficient (Wildman–Crippen LogP) is -0.112. The summed E-state index contributed by atoms with van der Waals surface area (Å²) in [5, 5.41) is 20.4. The Balaban J connectivity index is 2.38. The molecule has 7 heteroatoms. The summed E-state index contributed by atoms with van der Waals surface area (Å²) in [6, 6.07) is -0.245. The van der Waals surface area contributed by atoms with Crippen molar-refractivity contribution in [3.63, 3.8) is 0 Å². The topological polar surface area (TPSA) is 99.1 Å². The Morgan fingerprint density at radius 3 is 2.74 bits per heavy atom. The summed E-state index contributed by atoms with van der Waals surface area (Å²) in [5.74, 6) is -0.990. The monoisotopic (exact) mass is 274 g/mol. The number of ether oxygens (including phenoxy) is 1. The molecule has 0 aromatic heterocycles. The second kappa shape index (κ2) is 7.30. The Hall–Kier alpha value is -1.34. The molecule has 2 amide bonds.